The van der Waals surface area contributed by atoms with E-state index in [2.05, 4.69) is 9.82 Å². The highest BCUT2D eigenvalue weighted by Gasteiger charge is 2.32. The molecular weight excluding hydrogens is 476 g/mol. The van der Waals surface area contributed by atoms with Gasteiger partial charge in [-0.25, -0.2) is 4.39 Å². The van der Waals surface area contributed by atoms with Crippen LogP contribution in [-0.2, 0) is 22.3 Å². The number of aryl methyl sites for hydroxylation is 1. The lowest BCUT2D eigenvalue weighted by Crippen LogP contribution is -2.48. The Hall–Kier alpha value is -2.96. The van der Waals surface area contributed by atoms with E-state index in [1.807, 2.05) is 6.92 Å². The summed E-state index contributed by atoms with van der Waals surface area (Å²) in [7, 11) is -4.44. The Morgan fingerprint density at radius 3 is 2.41 bits per heavy atom. The zero-order valence-corrected chi connectivity index (χ0v) is 19.5. The number of para-hydroxylation sites is 1. The molecule has 0 unspecified atom stereocenters. The molecule has 2 N–H and O–H groups in total. The highest BCUT2D eigenvalue weighted by molar-refractivity contribution is 7.87. The molecule has 0 aliphatic heterocycles. The number of halogens is 4. The summed E-state index contributed by atoms with van der Waals surface area (Å²) < 4.78 is 86.4. The molecule has 1 aromatic heterocycles. The maximum Gasteiger partial charge on any atom is 0.402 e. The van der Waals surface area contributed by atoms with Crippen LogP contribution in [0, 0.1) is 5.82 Å². The number of hydrogen-bond donors (Lipinski definition) is 2. The van der Waals surface area contributed by atoms with Crippen LogP contribution in [0.25, 0.3) is 11.3 Å². The van der Waals surface area contributed by atoms with Gasteiger partial charge in [-0.05, 0) is 44.5 Å². The molecule has 0 saturated heterocycles. The van der Waals surface area contributed by atoms with E-state index in [4.69, 9.17) is 4.74 Å². The van der Waals surface area contributed by atoms with Crippen molar-refractivity contribution in [3.05, 3.63) is 66.0 Å². The quantitative estimate of drug-likeness (QED) is 0.417. The molecule has 0 spiro atoms. The van der Waals surface area contributed by atoms with Gasteiger partial charge in [0, 0.05) is 18.2 Å². The Bertz CT molecular complexity index is 1260. The summed E-state index contributed by atoms with van der Waals surface area (Å²) in [6.07, 6.45) is -4.68. The van der Waals surface area contributed by atoms with E-state index in [0.717, 1.165) is 0 Å². The second kappa shape index (κ2) is 9.72. The SMILES string of the molecule is CCn1nc(Oc2ccccc2F)cc1-c1cccc(C(C)(C)NS(=O)(=O)NCC(F)(F)F)c1. The maximum atomic E-state index is 13.9. The zero-order valence-electron chi connectivity index (χ0n) is 18.6. The summed E-state index contributed by atoms with van der Waals surface area (Å²) in [6.45, 7) is 3.71. The topological polar surface area (TPSA) is 85.2 Å². The standard InChI is InChI=1S/C22H24F4N4O3S/c1-4-30-18(13-20(28-30)33-19-11-6-5-10-17(19)23)15-8-7-9-16(12-15)21(2,3)29-34(31,32)27-14-22(24,25)26/h5-13,27,29H,4,14H2,1-3H3. The minimum atomic E-state index is -4.68. The van der Waals surface area contributed by atoms with Crippen LogP contribution in [0.4, 0.5) is 17.6 Å². The van der Waals surface area contributed by atoms with Gasteiger partial charge in [0.25, 0.3) is 10.2 Å². The van der Waals surface area contributed by atoms with Gasteiger partial charge in [-0.3, -0.25) is 4.68 Å². The van der Waals surface area contributed by atoms with Gasteiger partial charge in [0.2, 0.25) is 5.88 Å². The first-order valence-electron chi connectivity index (χ1n) is 10.3. The normalized spacial score (nSPS) is 12.7. The molecule has 2 aromatic carbocycles. The molecule has 0 amide bonds. The fourth-order valence-corrected chi connectivity index (χ4v) is 4.45. The van der Waals surface area contributed by atoms with Crippen LogP contribution in [-0.4, -0.2) is 30.9 Å². The molecule has 184 valence electrons. The van der Waals surface area contributed by atoms with E-state index < -0.39 is 34.3 Å². The minimum absolute atomic E-state index is 0.0189. The molecule has 3 rings (SSSR count). The van der Waals surface area contributed by atoms with Gasteiger partial charge >= 0.3 is 6.18 Å². The molecule has 1 heterocycles. The van der Waals surface area contributed by atoms with E-state index in [-0.39, 0.29) is 11.6 Å². The van der Waals surface area contributed by atoms with Gasteiger partial charge in [0.05, 0.1) is 11.2 Å². The molecule has 0 radical (unpaired) electrons. The number of nitrogens with one attached hydrogen (secondary N) is 2. The van der Waals surface area contributed by atoms with Crippen LogP contribution < -0.4 is 14.2 Å². The first kappa shape index (κ1) is 25.7. The van der Waals surface area contributed by atoms with E-state index in [1.165, 1.54) is 30.7 Å². The van der Waals surface area contributed by atoms with Gasteiger partial charge in [0.15, 0.2) is 11.6 Å². The summed E-state index contributed by atoms with van der Waals surface area (Å²) in [5.74, 6) is -0.348. The Labute approximate surface area is 194 Å². The van der Waals surface area contributed by atoms with Crippen LogP contribution in [0.5, 0.6) is 11.6 Å². The van der Waals surface area contributed by atoms with Gasteiger partial charge in [-0.15, -0.1) is 5.10 Å². The van der Waals surface area contributed by atoms with Crippen molar-refractivity contribution in [2.75, 3.05) is 6.54 Å². The van der Waals surface area contributed by atoms with Crippen LogP contribution in [0.2, 0.25) is 0 Å². The lowest BCUT2D eigenvalue weighted by Gasteiger charge is -2.27. The monoisotopic (exact) mass is 500 g/mol. The third-order valence-corrected chi connectivity index (χ3v) is 6.14. The Morgan fingerprint density at radius 1 is 1.06 bits per heavy atom. The smallest absolute Gasteiger partial charge is 0.402 e. The molecule has 0 saturated carbocycles. The van der Waals surface area contributed by atoms with Gasteiger partial charge in [-0.1, -0.05) is 30.3 Å². The van der Waals surface area contributed by atoms with Crippen molar-refractivity contribution in [3.63, 3.8) is 0 Å². The van der Waals surface area contributed by atoms with Crippen molar-refractivity contribution >= 4 is 10.2 Å². The van der Waals surface area contributed by atoms with Crippen LogP contribution in [0.1, 0.15) is 26.3 Å². The fraction of sp³-hybridized carbons (Fsp3) is 0.318. The molecule has 0 atom stereocenters. The zero-order chi connectivity index (χ0) is 25.1. The summed E-state index contributed by atoms with van der Waals surface area (Å²) in [5.41, 5.74) is 0.551. The molecule has 0 fully saturated rings. The van der Waals surface area contributed by atoms with Gasteiger partial charge in [-0.2, -0.15) is 31.0 Å². The van der Waals surface area contributed by atoms with Crippen molar-refractivity contribution in [2.24, 2.45) is 0 Å². The van der Waals surface area contributed by atoms with Crippen LogP contribution in [0.15, 0.2) is 54.6 Å². The highest BCUT2D eigenvalue weighted by Crippen LogP contribution is 2.31. The molecule has 7 nitrogen and oxygen atoms in total. The molecule has 3 aromatic rings. The van der Waals surface area contributed by atoms with E-state index in [1.54, 1.807) is 47.1 Å². The van der Waals surface area contributed by atoms with Crippen molar-refractivity contribution in [3.8, 4) is 22.9 Å². The van der Waals surface area contributed by atoms with E-state index in [9.17, 15) is 26.0 Å². The summed E-state index contributed by atoms with van der Waals surface area (Å²) in [5, 5.41) is 4.34. The van der Waals surface area contributed by atoms with Crippen molar-refractivity contribution in [1.29, 1.82) is 0 Å². The average Bonchev–Trinajstić information content (AvgIpc) is 3.16. The highest BCUT2D eigenvalue weighted by atomic mass is 32.2. The number of alkyl halides is 3. The third kappa shape index (κ3) is 6.55. The first-order chi connectivity index (χ1) is 15.8. The molecule has 34 heavy (non-hydrogen) atoms. The second-order valence-corrected chi connectivity index (χ2v) is 9.46. The lowest BCUT2D eigenvalue weighted by atomic mass is 9.93. The Kier molecular flexibility index (Phi) is 7.34. The number of nitrogens with zero attached hydrogens (tertiary/aromatic N) is 2. The third-order valence-electron chi connectivity index (χ3n) is 4.84. The number of ether oxygens (including phenoxy) is 1. The van der Waals surface area contributed by atoms with Crippen LogP contribution in [0.3, 0.4) is 0 Å². The molecule has 0 aliphatic rings. The molecule has 0 aliphatic carbocycles. The van der Waals surface area contributed by atoms with Gasteiger partial charge in [0.1, 0.15) is 6.54 Å². The van der Waals surface area contributed by atoms with Crippen LogP contribution >= 0.6 is 0 Å². The summed E-state index contributed by atoms with van der Waals surface area (Å²) in [4.78, 5) is 0. The average molecular weight is 501 g/mol. The predicted molar refractivity (Wildman–Crippen MR) is 119 cm³/mol. The molecule has 12 heteroatoms. The Morgan fingerprint density at radius 2 is 1.76 bits per heavy atom. The minimum Gasteiger partial charge on any atom is -0.434 e. The predicted octanol–water partition coefficient (Wildman–Crippen LogP) is 4.72. The van der Waals surface area contributed by atoms with Crippen molar-refractivity contribution < 1.29 is 30.7 Å². The number of benzene rings is 2. The lowest BCUT2D eigenvalue weighted by molar-refractivity contribution is -0.121. The number of hydrogen-bond acceptors (Lipinski definition) is 4. The van der Waals surface area contributed by atoms with Crippen molar-refractivity contribution in [1.82, 2.24) is 19.2 Å². The largest absolute Gasteiger partial charge is 0.434 e. The maximum absolute atomic E-state index is 13.9. The second-order valence-electron chi connectivity index (χ2n) is 7.96. The first-order valence-corrected chi connectivity index (χ1v) is 11.7. The fourth-order valence-electron chi connectivity index (χ4n) is 3.23. The van der Waals surface area contributed by atoms with Gasteiger partial charge < -0.3 is 4.74 Å². The van der Waals surface area contributed by atoms with Crippen molar-refractivity contribution in [2.45, 2.75) is 39.0 Å². The number of aromatic nitrogens is 2. The Balaban J connectivity index is 1.87. The molecule has 0 bridgehead atoms. The van der Waals surface area contributed by atoms with E-state index >= 15 is 0 Å². The summed E-state index contributed by atoms with van der Waals surface area (Å²) in [6, 6.07) is 14.3. The summed E-state index contributed by atoms with van der Waals surface area (Å²) >= 11 is 0. The molecular formula is C22H24F4N4O3S. The number of rotatable bonds is 9. The van der Waals surface area contributed by atoms with E-state index in [0.29, 0.717) is 23.4 Å².